The van der Waals surface area contributed by atoms with E-state index < -0.39 is 11.2 Å². The van der Waals surface area contributed by atoms with Crippen molar-refractivity contribution in [1.29, 1.82) is 0 Å². The van der Waals surface area contributed by atoms with Crippen LogP contribution in [0.1, 0.15) is 5.56 Å². The molecule has 98 valence electrons. The third kappa shape index (κ3) is 4.10. The molecule has 0 fully saturated rings. The Hall–Kier alpha value is -1.81. The maximum absolute atomic E-state index is 12.8. The number of thioether (sulfide) groups is 1. The molecule has 1 atom stereocenters. The number of rotatable bonds is 5. The van der Waals surface area contributed by atoms with E-state index in [-0.39, 0.29) is 5.82 Å². The predicted octanol–water partition coefficient (Wildman–Crippen LogP) is 3.61. The summed E-state index contributed by atoms with van der Waals surface area (Å²) in [7, 11) is 0. The van der Waals surface area contributed by atoms with Gasteiger partial charge in [-0.1, -0.05) is 30.3 Å². The fraction of sp³-hybridized carbons (Fsp3) is 0.133. The molecule has 2 rings (SSSR count). The molecule has 4 heteroatoms. The van der Waals surface area contributed by atoms with Gasteiger partial charge in [-0.25, -0.2) is 4.39 Å². The van der Waals surface area contributed by atoms with Crippen LogP contribution in [0.15, 0.2) is 59.5 Å². The van der Waals surface area contributed by atoms with Crippen LogP contribution in [-0.4, -0.2) is 16.3 Å². The highest BCUT2D eigenvalue weighted by Gasteiger charge is 2.19. The van der Waals surface area contributed by atoms with Crippen LogP contribution in [0.2, 0.25) is 0 Å². The molecule has 0 unspecified atom stereocenters. The summed E-state index contributed by atoms with van der Waals surface area (Å²) >= 11 is 1.30. The molecule has 0 spiro atoms. The quantitative estimate of drug-likeness (QED) is 0.848. The summed E-state index contributed by atoms with van der Waals surface area (Å²) in [6, 6.07) is 15.3. The molecule has 0 saturated heterocycles. The van der Waals surface area contributed by atoms with E-state index in [2.05, 4.69) is 0 Å². The summed E-state index contributed by atoms with van der Waals surface area (Å²) in [4.78, 5) is 12.2. The van der Waals surface area contributed by atoms with Crippen molar-refractivity contribution in [2.45, 2.75) is 16.6 Å². The molecule has 1 N–H and O–H groups in total. The lowest BCUT2D eigenvalue weighted by Gasteiger charge is -2.12. The molecule has 0 amide bonds. The standard InChI is InChI=1S/C15H13FO2S/c16-12-8-6-11(7-9-12)10-14(15(17)18)19-13-4-2-1-3-5-13/h1-9,14H,10H2,(H,17,18)/t14-/m0/s1. The predicted molar refractivity (Wildman–Crippen MR) is 73.8 cm³/mol. The van der Waals surface area contributed by atoms with E-state index in [0.717, 1.165) is 10.5 Å². The van der Waals surface area contributed by atoms with Gasteiger partial charge in [0.15, 0.2) is 0 Å². The minimum Gasteiger partial charge on any atom is -0.480 e. The second kappa shape index (κ2) is 6.38. The van der Waals surface area contributed by atoms with Crippen LogP contribution in [0.3, 0.4) is 0 Å². The molecule has 0 bridgehead atoms. The molecule has 2 aromatic carbocycles. The number of halogens is 1. The molecule has 0 aliphatic carbocycles. The fourth-order valence-corrected chi connectivity index (χ4v) is 2.70. The molecule has 19 heavy (non-hydrogen) atoms. The first-order valence-corrected chi connectivity index (χ1v) is 6.72. The van der Waals surface area contributed by atoms with Gasteiger partial charge in [-0.15, -0.1) is 11.8 Å². The molecule has 0 aliphatic heterocycles. The van der Waals surface area contributed by atoms with Gasteiger partial charge < -0.3 is 5.11 Å². The Morgan fingerprint density at radius 3 is 2.32 bits per heavy atom. The van der Waals surface area contributed by atoms with Crippen molar-refractivity contribution in [3.63, 3.8) is 0 Å². The van der Waals surface area contributed by atoms with E-state index in [1.807, 2.05) is 30.3 Å². The first-order chi connectivity index (χ1) is 9.15. The molecular weight excluding hydrogens is 263 g/mol. The van der Waals surface area contributed by atoms with Crippen LogP contribution in [0.25, 0.3) is 0 Å². The minimum atomic E-state index is -0.863. The van der Waals surface area contributed by atoms with E-state index in [1.165, 1.54) is 23.9 Å². The number of benzene rings is 2. The van der Waals surface area contributed by atoms with Gasteiger partial charge in [0.05, 0.1) is 0 Å². The largest absolute Gasteiger partial charge is 0.480 e. The zero-order valence-electron chi connectivity index (χ0n) is 10.1. The third-order valence-corrected chi connectivity index (χ3v) is 3.83. The van der Waals surface area contributed by atoms with Crippen molar-refractivity contribution >= 4 is 17.7 Å². The Morgan fingerprint density at radius 1 is 1.11 bits per heavy atom. The monoisotopic (exact) mass is 276 g/mol. The molecule has 0 aliphatic rings. The Bertz CT molecular complexity index is 540. The topological polar surface area (TPSA) is 37.3 Å². The molecule has 2 aromatic rings. The zero-order valence-corrected chi connectivity index (χ0v) is 10.9. The molecule has 0 radical (unpaired) electrons. The summed E-state index contributed by atoms with van der Waals surface area (Å²) < 4.78 is 12.8. The summed E-state index contributed by atoms with van der Waals surface area (Å²) in [5, 5.41) is 8.68. The Balaban J connectivity index is 2.08. The second-order valence-corrected chi connectivity index (χ2v) is 5.36. The minimum absolute atomic E-state index is 0.314. The lowest BCUT2D eigenvalue weighted by Crippen LogP contribution is -2.19. The number of carboxylic acid groups (broad SMARTS) is 1. The van der Waals surface area contributed by atoms with E-state index in [0.29, 0.717) is 6.42 Å². The summed E-state index contributed by atoms with van der Waals surface area (Å²) in [6.07, 6.45) is 0.370. The highest BCUT2D eigenvalue weighted by atomic mass is 32.2. The maximum atomic E-state index is 12.8. The van der Waals surface area contributed by atoms with Crippen LogP contribution in [-0.2, 0) is 11.2 Å². The van der Waals surface area contributed by atoms with Crippen molar-refractivity contribution in [1.82, 2.24) is 0 Å². The van der Waals surface area contributed by atoms with Crippen LogP contribution in [0.4, 0.5) is 4.39 Å². The van der Waals surface area contributed by atoms with Crippen LogP contribution in [0, 0.1) is 5.82 Å². The molecule has 2 nitrogen and oxygen atoms in total. The number of aliphatic carboxylic acids is 1. The lowest BCUT2D eigenvalue weighted by atomic mass is 10.1. The Kier molecular flexibility index (Phi) is 4.58. The first-order valence-electron chi connectivity index (χ1n) is 5.84. The number of carbonyl (C=O) groups is 1. The number of carboxylic acids is 1. The number of hydrogen-bond donors (Lipinski definition) is 1. The second-order valence-electron chi connectivity index (χ2n) is 4.09. The van der Waals surface area contributed by atoms with Crippen LogP contribution >= 0.6 is 11.8 Å². The van der Waals surface area contributed by atoms with E-state index >= 15 is 0 Å². The summed E-state index contributed by atoms with van der Waals surface area (Å²) in [6.45, 7) is 0. The molecule has 0 heterocycles. The van der Waals surface area contributed by atoms with E-state index in [4.69, 9.17) is 0 Å². The van der Waals surface area contributed by atoms with Gasteiger partial charge in [-0.05, 0) is 36.2 Å². The van der Waals surface area contributed by atoms with Crippen LogP contribution < -0.4 is 0 Å². The van der Waals surface area contributed by atoms with E-state index in [1.54, 1.807) is 12.1 Å². The van der Waals surface area contributed by atoms with Gasteiger partial charge in [-0.2, -0.15) is 0 Å². The molecule has 0 aromatic heterocycles. The smallest absolute Gasteiger partial charge is 0.317 e. The lowest BCUT2D eigenvalue weighted by molar-refractivity contribution is -0.136. The summed E-state index contributed by atoms with van der Waals surface area (Å²) in [5.41, 5.74) is 0.817. The van der Waals surface area contributed by atoms with Gasteiger partial charge in [-0.3, -0.25) is 4.79 Å². The van der Waals surface area contributed by atoms with Gasteiger partial charge in [0.2, 0.25) is 0 Å². The fourth-order valence-electron chi connectivity index (χ4n) is 1.68. The third-order valence-electron chi connectivity index (χ3n) is 2.63. The first kappa shape index (κ1) is 13.6. The van der Waals surface area contributed by atoms with Crippen molar-refractivity contribution in [3.05, 3.63) is 66.0 Å². The average Bonchev–Trinajstić information content (AvgIpc) is 2.41. The Labute approximate surface area is 115 Å². The summed E-state index contributed by atoms with van der Waals surface area (Å²) in [5.74, 6) is -1.18. The number of hydrogen-bond acceptors (Lipinski definition) is 2. The highest BCUT2D eigenvalue weighted by Crippen LogP contribution is 2.26. The van der Waals surface area contributed by atoms with Crippen molar-refractivity contribution < 1.29 is 14.3 Å². The molecular formula is C15H13FO2S. The zero-order chi connectivity index (χ0) is 13.7. The van der Waals surface area contributed by atoms with Gasteiger partial charge in [0.25, 0.3) is 0 Å². The average molecular weight is 276 g/mol. The Morgan fingerprint density at radius 2 is 1.74 bits per heavy atom. The SMILES string of the molecule is O=C(O)[C@H](Cc1ccc(F)cc1)Sc1ccccc1. The van der Waals surface area contributed by atoms with Gasteiger partial charge >= 0.3 is 5.97 Å². The van der Waals surface area contributed by atoms with E-state index in [9.17, 15) is 14.3 Å². The van der Waals surface area contributed by atoms with Crippen molar-refractivity contribution in [3.8, 4) is 0 Å². The van der Waals surface area contributed by atoms with Gasteiger partial charge in [0.1, 0.15) is 11.1 Å². The van der Waals surface area contributed by atoms with Crippen LogP contribution in [0.5, 0.6) is 0 Å². The molecule has 0 saturated carbocycles. The maximum Gasteiger partial charge on any atom is 0.317 e. The normalized spacial score (nSPS) is 12.1. The van der Waals surface area contributed by atoms with Crippen molar-refractivity contribution in [2.75, 3.05) is 0 Å². The highest BCUT2D eigenvalue weighted by molar-refractivity contribution is 8.00. The van der Waals surface area contributed by atoms with Crippen molar-refractivity contribution in [2.24, 2.45) is 0 Å². The van der Waals surface area contributed by atoms with Gasteiger partial charge in [0, 0.05) is 4.90 Å².